The van der Waals surface area contributed by atoms with Gasteiger partial charge in [-0.3, -0.25) is 9.20 Å². The first kappa shape index (κ1) is 15.1. The summed E-state index contributed by atoms with van der Waals surface area (Å²) in [6.45, 7) is 0. The van der Waals surface area contributed by atoms with Crippen molar-refractivity contribution in [2.24, 2.45) is 0 Å². The number of para-hydroxylation sites is 2. The van der Waals surface area contributed by atoms with Crippen LogP contribution < -0.4 is 5.32 Å². The van der Waals surface area contributed by atoms with Gasteiger partial charge in [0.1, 0.15) is 11.6 Å². The van der Waals surface area contributed by atoms with Crippen LogP contribution in [0.2, 0.25) is 5.02 Å². The normalized spacial score (nSPS) is 10.7. The molecule has 0 radical (unpaired) electrons. The molecule has 1 amide bonds. The third kappa shape index (κ3) is 2.67. The molecule has 0 saturated carbocycles. The van der Waals surface area contributed by atoms with Gasteiger partial charge in [0.25, 0.3) is 5.91 Å². The number of nitrogens with one attached hydrogen (secondary N) is 1. The first-order chi connectivity index (χ1) is 12.2. The van der Waals surface area contributed by atoms with Gasteiger partial charge in [0.2, 0.25) is 5.78 Å². The summed E-state index contributed by atoms with van der Waals surface area (Å²) in [7, 11) is 0. The lowest BCUT2D eigenvalue weighted by molar-refractivity contribution is 0.102. The molecular formula is C18H10ClN5O. The minimum absolute atomic E-state index is 0.172. The Labute approximate surface area is 147 Å². The molecule has 0 unspecified atom stereocenters. The molecule has 0 atom stereocenters. The molecule has 4 rings (SSSR count). The number of carbonyl (C=O) groups excluding carboxylic acids is 1. The van der Waals surface area contributed by atoms with Gasteiger partial charge in [-0.05, 0) is 36.4 Å². The van der Waals surface area contributed by atoms with E-state index in [2.05, 4.69) is 21.4 Å². The second-order valence-corrected chi connectivity index (χ2v) is 5.78. The highest BCUT2D eigenvalue weighted by atomic mass is 35.5. The van der Waals surface area contributed by atoms with Crippen LogP contribution in [0.15, 0.2) is 54.7 Å². The number of imidazole rings is 1. The lowest BCUT2D eigenvalue weighted by Crippen LogP contribution is -2.14. The van der Waals surface area contributed by atoms with Crippen LogP contribution in [-0.4, -0.2) is 20.3 Å². The zero-order valence-corrected chi connectivity index (χ0v) is 13.5. The summed E-state index contributed by atoms with van der Waals surface area (Å²) in [6.07, 6.45) is 1.62. The predicted octanol–water partition coefficient (Wildman–Crippen LogP) is 3.66. The number of halogens is 1. The SMILES string of the molecule is N#Cc1cn2c(nc1NC(=O)c1ccc(Cl)cc1)nc1ccccc12. The molecule has 7 heteroatoms. The van der Waals surface area contributed by atoms with E-state index < -0.39 is 0 Å². The number of hydrogen-bond donors (Lipinski definition) is 1. The van der Waals surface area contributed by atoms with Crippen molar-refractivity contribution in [3.8, 4) is 6.07 Å². The number of rotatable bonds is 2. The summed E-state index contributed by atoms with van der Waals surface area (Å²) < 4.78 is 1.73. The number of nitrogens with zero attached hydrogens (tertiary/aromatic N) is 4. The molecule has 0 aliphatic heterocycles. The zero-order valence-electron chi connectivity index (χ0n) is 12.8. The first-order valence-electron chi connectivity index (χ1n) is 7.40. The van der Waals surface area contributed by atoms with Gasteiger partial charge in [-0.15, -0.1) is 0 Å². The summed E-state index contributed by atoms with van der Waals surface area (Å²) >= 11 is 5.83. The largest absolute Gasteiger partial charge is 0.305 e. The van der Waals surface area contributed by atoms with E-state index in [0.717, 1.165) is 11.0 Å². The van der Waals surface area contributed by atoms with Crippen LogP contribution in [-0.2, 0) is 0 Å². The maximum atomic E-state index is 12.4. The van der Waals surface area contributed by atoms with Crippen molar-refractivity contribution in [3.05, 3.63) is 70.9 Å². The third-order valence-electron chi connectivity index (χ3n) is 3.76. The zero-order chi connectivity index (χ0) is 17.4. The molecule has 6 nitrogen and oxygen atoms in total. The van der Waals surface area contributed by atoms with Crippen molar-refractivity contribution >= 4 is 40.1 Å². The number of carbonyl (C=O) groups is 1. The van der Waals surface area contributed by atoms with Gasteiger partial charge in [0, 0.05) is 16.8 Å². The first-order valence-corrected chi connectivity index (χ1v) is 7.78. The molecule has 0 aliphatic carbocycles. The molecule has 0 fully saturated rings. The van der Waals surface area contributed by atoms with Gasteiger partial charge in [0.15, 0.2) is 5.82 Å². The Morgan fingerprint density at radius 2 is 1.88 bits per heavy atom. The van der Waals surface area contributed by atoms with E-state index in [1.807, 2.05) is 24.3 Å². The molecule has 0 spiro atoms. The van der Waals surface area contributed by atoms with E-state index in [1.54, 1.807) is 34.9 Å². The van der Waals surface area contributed by atoms with E-state index in [-0.39, 0.29) is 17.3 Å². The average molecular weight is 348 g/mol. The maximum Gasteiger partial charge on any atom is 0.256 e. The summed E-state index contributed by atoms with van der Waals surface area (Å²) in [5, 5.41) is 12.6. The Kier molecular flexibility index (Phi) is 3.56. The second kappa shape index (κ2) is 5.89. The van der Waals surface area contributed by atoms with Crippen LogP contribution >= 0.6 is 11.6 Å². The predicted molar refractivity (Wildman–Crippen MR) is 94.6 cm³/mol. The number of nitriles is 1. The van der Waals surface area contributed by atoms with Crippen molar-refractivity contribution in [2.75, 3.05) is 5.32 Å². The highest BCUT2D eigenvalue weighted by Gasteiger charge is 2.14. The molecule has 2 aromatic heterocycles. The molecule has 2 heterocycles. The fourth-order valence-electron chi connectivity index (χ4n) is 2.55. The van der Waals surface area contributed by atoms with Crippen molar-refractivity contribution < 1.29 is 4.79 Å². The number of amides is 1. The van der Waals surface area contributed by atoms with Crippen molar-refractivity contribution in [2.45, 2.75) is 0 Å². The molecule has 4 aromatic rings. The van der Waals surface area contributed by atoms with E-state index >= 15 is 0 Å². The number of hydrogen-bond acceptors (Lipinski definition) is 4. The molecule has 2 aromatic carbocycles. The number of aromatic nitrogens is 3. The molecule has 120 valence electrons. The van der Waals surface area contributed by atoms with Crippen molar-refractivity contribution in [1.82, 2.24) is 14.4 Å². The lowest BCUT2D eigenvalue weighted by atomic mass is 10.2. The smallest absolute Gasteiger partial charge is 0.256 e. The third-order valence-corrected chi connectivity index (χ3v) is 4.01. The Morgan fingerprint density at radius 1 is 1.12 bits per heavy atom. The molecular weight excluding hydrogens is 338 g/mol. The summed E-state index contributed by atoms with van der Waals surface area (Å²) in [6, 6.07) is 16.0. The van der Waals surface area contributed by atoms with Gasteiger partial charge in [-0.25, -0.2) is 4.98 Å². The summed E-state index contributed by atoms with van der Waals surface area (Å²) in [4.78, 5) is 21.1. The molecule has 0 bridgehead atoms. The van der Waals surface area contributed by atoms with E-state index in [1.165, 1.54) is 0 Å². The van der Waals surface area contributed by atoms with Crippen LogP contribution in [0.4, 0.5) is 5.82 Å². The Balaban J connectivity index is 1.78. The van der Waals surface area contributed by atoms with Crippen LogP contribution in [0.1, 0.15) is 15.9 Å². The fraction of sp³-hybridized carbons (Fsp3) is 0. The van der Waals surface area contributed by atoms with Crippen molar-refractivity contribution in [1.29, 1.82) is 5.26 Å². The van der Waals surface area contributed by atoms with E-state index in [9.17, 15) is 10.1 Å². The van der Waals surface area contributed by atoms with E-state index in [0.29, 0.717) is 16.4 Å². The van der Waals surface area contributed by atoms with Crippen LogP contribution in [0.25, 0.3) is 16.8 Å². The fourth-order valence-corrected chi connectivity index (χ4v) is 2.67. The number of benzene rings is 2. The Hall–Kier alpha value is -3.43. The highest BCUT2D eigenvalue weighted by molar-refractivity contribution is 6.30. The monoisotopic (exact) mass is 347 g/mol. The minimum Gasteiger partial charge on any atom is -0.305 e. The van der Waals surface area contributed by atoms with Gasteiger partial charge >= 0.3 is 0 Å². The van der Waals surface area contributed by atoms with E-state index in [4.69, 9.17) is 11.6 Å². The minimum atomic E-state index is -0.374. The van der Waals surface area contributed by atoms with Crippen LogP contribution in [0.3, 0.4) is 0 Å². The molecule has 0 saturated heterocycles. The lowest BCUT2D eigenvalue weighted by Gasteiger charge is -2.07. The van der Waals surface area contributed by atoms with Gasteiger partial charge < -0.3 is 5.32 Å². The van der Waals surface area contributed by atoms with Gasteiger partial charge in [-0.1, -0.05) is 23.7 Å². The summed E-state index contributed by atoms with van der Waals surface area (Å²) in [5.74, 6) is 0.206. The summed E-state index contributed by atoms with van der Waals surface area (Å²) in [5.41, 5.74) is 2.28. The maximum absolute atomic E-state index is 12.4. The average Bonchev–Trinajstić information content (AvgIpc) is 2.99. The highest BCUT2D eigenvalue weighted by Crippen LogP contribution is 2.20. The standard InChI is InChI=1S/C18H10ClN5O/c19-13-7-5-11(6-8-13)17(25)22-16-12(9-20)10-24-15-4-2-1-3-14(15)21-18(24)23-16/h1-8,10H,(H,21,22,23,25). The number of fused-ring (bicyclic) bond motifs is 3. The molecule has 0 aliphatic rings. The molecule has 25 heavy (non-hydrogen) atoms. The Morgan fingerprint density at radius 3 is 2.64 bits per heavy atom. The number of anilines is 1. The van der Waals surface area contributed by atoms with Crippen molar-refractivity contribution in [3.63, 3.8) is 0 Å². The van der Waals surface area contributed by atoms with Crippen LogP contribution in [0, 0.1) is 11.3 Å². The van der Waals surface area contributed by atoms with Gasteiger partial charge in [0.05, 0.1) is 11.0 Å². The topological polar surface area (TPSA) is 83.1 Å². The second-order valence-electron chi connectivity index (χ2n) is 5.35. The Bertz CT molecular complexity index is 1160. The molecule has 1 N–H and O–H groups in total. The quantitative estimate of drug-likeness (QED) is 0.599. The van der Waals surface area contributed by atoms with Crippen LogP contribution in [0.5, 0.6) is 0 Å². The van der Waals surface area contributed by atoms with Gasteiger partial charge in [-0.2, -0.15) is 10.2 Å².